The first-order valence-corrected chi connectivity index (χ1v) is 14.5. The Labute approximate surface area is 223 Å². The monoisotopic (exact) mass is 518 g/mol. The standard InChI is InChI=1S/3C8H16O2.C6H14/c3*1-2-3-4-5-6-7-8(9)10;1-5-6(2,3)4/h3*2-7H2,1H3,(H,9,10);5H2,1-4H3. The maximum Gasteiger partial charge on any atom is 0.303 e. The lowest BCUT2D eigenvalue weighted by molar-refractivity contribution is -0.138. The number of carboxylic acid groups (broad SMARTS) is 3. The maximum absolute atomic E-state index is 10.0. The molecule has 0 spiro atoms. The van der Waals surface area contributed by atoms with Gasteiger partial charge in [-0.2, -0.15) is 0 Å². The minimum absolute atomic E-state index is 0.337. The first-order valence-electron chi connectivity index (χ1n) is 14.5. The van der Waals surface area contributed by atoms with Crippen molar-refractivity contribution in [1.82, 2.24) is 0 Å². The summed E-state index contributed by atoms with van der Waals surface area (Å²) in [5.41, 5.74) is 0.542. The third-order valence-corrected chi connectivity index (χ3v) is 5.54. The molecule has 0 aliphatic rings. The molecule has 0 aliphatic carbocycles. The van der Waals surface area contributed by atoms with Crippen LogP contribution in [0.25, 0.3) is 0 Å². The number of aliphatic carboxylic acids is 3. The van der Waals surface area contributed by atoms with Crippen LogP contribution in [0, 0.1) is 5.41 Å². The van der Waals surface area contributed by atoms with Crippen LogP contribution in [0.1, 0.15) is 170 Å². The van der Waals surface area contributed by atoms with Crippen LogP contribution in [0.2, 0.25) is 0 Å². The molecule has 0 aromatic heterocycles. The van der Waals surface area contributed by atoms with E-state index in [-0.39, 0.29) is 0 Å². The molecular weight excluding hydrogens is 456 g/mol. The number of carbonyl (C=O) groups is 3. The predicted molar refractivity (Wildman–Crippen MR) is 153 cm³/mol. The Bertz CT molecular complexity index is 411. The largest absolute Gasteiger partial charge is 0.481 e. The maximum atomic E-state index is 10.0. The van der Waals surface area contributed by atoms with E-state index in [1.165, 1.54) is 64.2 Å². The second-order valence-electron chi connectivity index (χ2n) is 10.6. The number of unbranched alkanes of at least 4 members (excludes halogenated alkanes) is 12. The van der Waals surface area contributed by atoms with Gasteiger partial charge in [-0.3, -0.25) is 14.4 Å². The molecule has 36 heavy (non-hydrogen) atoms. The average molecular weight is 519 g/mol. The molecule has 218 valence electrons. The number of hydrogen-bond acceptors (Lipinski definition) is 3. The topological polar surface area (TPSA) is 112 Å². The van der Waals surface area contributed by atoms with Gasteiger partial charge in [-0.05, 0) is 24.7 Å². The van der Waals surface area contributed by atoms with Gasteiger partial charge in [0.05, 0.1) is 0 Å². The van der Waals surface area contributed by atoms with Crippen LogP contribution in [-0.2, 0) is 14.4 Å². The fourth-order valence-electron chi connectivity index (χ4n) is 2.64. The van der Waals surface area contributed by atoms with Gasteiger partial charge in [-0.15, -0.1) is 0 Å². The summed E-state index contributed by atoms with van der Waals surface area (Å²) in [5, 5.41) is 24.8. The first kappa shape index (κ1) is 41.5. The first-order chi connectivity index (χ1) is 16.9. The van der Waals surface area contributed by atoms with Crippen LogP contribution in [0.4, 0.5) is 0 Å². The molecule has 0 bridgehead atoms. The molecule has 0 aliphatic heterocycles. The highest BCUT2D eigenvalue weighted by Gasteiger charge is 2.03. The summed E-state index contributed by atoms with van der Waals surface area (Å²) in [6.45, 7) is 15.4. The molecule has 0 saturated heterocycles. The van der Waals surface area contributed by atoms with E-state index in [4.69, 9.17) is 15.3 Å². The highest BCUT2D eigenvalue weighted by Crippen LogP contribution is 2.16. The molecule has 0 radical (unpaired) electrons. The number of hydrogen-bond donors (Lipinski definition) is 3. The summed E-state index contributed by atoms with van der Waals surface area (Å²) in [7, 11) is 0. The summed E-state index contributed by atoms with van der Waals surface area (Å²) in [4.78, 5) is 30.1. The smallest absolute Gasteiger partial charge is 0.303 e. The lowest BCUT2D eigenvalue weighted by Gasteiger charge is -2.12. The third kappa shape index (κ3) is 63.7. The highest BCUT2D eigenvalue weighted by atomic mass is 16.4. The molecule has 0 atom stereocenters. The fraction of sp³-hybridized carbons (Fsp3) is 0.900. The Morgan fingerprint density at radius 1 is 0.444 bits per heavy atom. The molecule has 3 N–H and O–H groups in total. The van der Waals surface area contributed by atoms with E-state index >= 15 is 0 Å². The zero-order valence-electron chi connectivity index (χ0n) is 25.0. The Morgan fingerprint density at radius 2 is 0.639 bits per heavy atom. The minimum Gasteiger partial charge on any atom is -0.481 e. The molecule has 0 aromatic rings. The van der Waals surface area contributed by atoms with Crippen molar-refractivity contribution in [1.29, 1.82) is 0 Å². The fourth-order valence-corrected chi connectivity index (χ4v) is 2.64. The van der Waals surface area contributed by atoms with Gasteiger partial charge >= 0.3 is 17.9 Å². The van der Waals surface area contributed by atoms with Crippen molar-refractivity contribution in [3.05, 3.63) is 0 Å². The van der Waals surface area contributed by atoms with E-state index in [1.807, 2.05) is 0 Å². The van der Waals surface area contributed by atoms with Crippen LogP contribution in [-0.4, -0.2) is 33.2 Å². The van der Waals surface area contributed by atoms with Gasteiger partial charge in [0.2, 0.25) is 0 Å². The summed E-state index contributed by atoms with van der Waals surface area (Å²) in [6, 6.07) is 0. The average Bonchev–Trinajstić information content (AvgIpc) is 2.79. The Morgan fingerprint density at radius 3 is 0.778 bits per heavy atom. The number of carboxylic acids is 3. The van der Waals surface area contributed by atoms with Gasteiger partial charge in [0.1, 0.15) is 0 Å². The van der Waals surface area contributed by atoms with Gasteiger partial charge in [0.15, 0.2) is 0 Å². The van der Waals surface area contributed by atoms with Gasteiger partial charge in [0, 0.05) is 19.3 Å². The minimum atomic E-state index is -0.670. The SMILES string of the molecule is CCC(C)(C)C.CCCCCCCC(=O)O.CCCCCCCC(=O)O.CCCCCCCC(=O)O. The molecule has 6 nitrogen and oxygen atoms in total. The van der Waals surface area contributed by atoms with Crippen molar-refractivity contribution in [2.45, 2.75) is 170 Å². The highest BCUT2D eigenvalue weighted by molar-refractivity contribution is 5.67. The molecule has 0 fully saturated rings. The summed E-state index contributed by atoms with van der Waals surface area (Å²) in [6.07, 6.45) is 18.9. The van der Waals surface area contributed by atoms with Crippen LogP contribution >= 0.6 is 0 Å². The van der Waals surface area contributed by atoms with Gasteiger partial charge < -0.3 is 15.3 Å². The second kappa shape index (κ2) is 33.4. The zero-order chi connectivity index (χ0) is 28.7. The van der Waals surface area contributed by atoms with Crippen LogP contribution < -0.4 is 0 Å². The van der Waals surface area contributed by atoms with Crippen molar-refractivity contribution in [2.75, 3.05) is 0 Å². The van der Waals surface area contributed by atoms with Crippen molar-refractivity contribution >= 4 is 17.9 Å². The lowest BCUT2D eigenvalue weighted by Crippen LogP contribution is -2.00. The molecule has 6 heteroatoms. The van der Waals surface area contributed by atoms with Crippen molar-refractivity contribution < 1.29 is 29.7 Å². The zero-order valence-corrected chi connectivity index (χ0v) is 25.0. The molecule has 0 unspecified atom stereocenters. The molecule has 0 heterocycles. The predicted octanol–water partition coefficient (Wildman–Crippen LogP) is 9.74. The van der Waals surface area contributed by atoms with E-state index in [0.29, 0.717) is 24.7 Å². The van der Waals surface area contributed by atoms with Crippen molar-refractivity contribution in [3.63, 3.8) is 0 Å². The Balaban J connectivity index is -0.000000193. The van der Waals surface area contributed by atoms with Gasteiger partial charge in [-0.25, -0.2) is 0 Å². The Hall–Kier alpha value is -1.59. The van der Waals surface area contributed by atoms with Gasteiger partial charge in [0.25, 0.3) is 0 Å². The lowest BCUT2D eigenvalue weighted by atomic mass is 9.94. The van der Waals surface area contributed by atoms with Crippen LogP contribution in [0.5, 0.6) is 0 Å². The van der Waals surface area contributed by atoms with E-state index < -0.39 is 17.9 Å². The molecule has 0 aromatic carbocycles. The second-order valence-corrected chi connectivity index (χ2v) is 10.6. The van der Waals surface area contributed by atoms with E-state index in [1.54, 1.807) is 0 Å². The summed E-state index contributed by atoms with van der Waals surface area (Å²) in [5.74, 6) is -2.01. The number of rotatable bonds is 18. The van der Waals surface area contributed by atoms with Crippen LogP contribution in [0.3, 0.4) is 0 Å². The molecule has 0 saturated carbocycles. The molecule has 0 amide bonds. The third-order valence-electron chi connectivity index (χ3n) is 5.54. The van der Waals surface area contributed by atoms with Crippen molar-refractivity contribution in [2.24, 2.45) is 5.41 Å². The van der Waals surface area contributed by atoms with Crippen molar-refractivity contribution in [3.8, 4) is 0 Å². The van der Waals surface area contributed by atoms with E-state index in [0.717, 1.165) is 38.5 Å². The Kier molecular flexibility index (Phi) is 38.5. The molecular formula is C30H62O6. The normalized spacial score (nSPS) is 10.1. The molecule has 0 rings (SSSR count). The van der Waals surface area contributed by atoms with E-state index in [9.17, 15) is 14.4 Å². The van der Waals surface area contributed by atoms with Crippen LogP contribution in [0.15, 0.2) is 0 Å². The summed E-state index contributed by atoms with van der Waals surface area (Å²) >= 11 is 0. The van der Waals surface area contributed by atoms with E-state index in [2.05, 4.69) is 48.5 Å². The van der Waals surface area contributed by atoms with Gasteiger partial charge in [-0.1, -0.05) is 132 Å². The quantitative estimate of drug-likeness (QED) is 0.156. The summed E-state index contributed by atoms with van der Waals surface area (Å²) < 4.78 is 0.